The van der Waals surface area contributed by atoms with Crippen LogP contribution < -0.4 is 5.32 Å². The van der Waals surface area contributed by atoms with Crippen molar-refractivity contribution < 1.29 is 4.84 Å². The van der Waals surface area contributed by atoms with Crippen LogP contribution in [-0.4, -0.2) is 50.4 Å². The van der Waals surface area contributed by atoms with Crippen molar-refractivity contribution in [2.24, 2.45) is 5.16 Å². The molecule has 0 aliphatic carbocycles. The van der Waals surface area contributed by atoms with E-state index in [4.69, 9.17) is 4.84 Å². The monoisotopic (exact) mass is 185 g/mol. The van der Waals surface area contributed by atoms with Gasteiger partial charge in [0, 0.05) is 19.5 Å². The fourth-order valence-electron chi connectivity index (χ4n) is 1.47. The number of piperidine rings is 1. The Kier molecular flexibility index (Phi) is 4.18. The first-order valence-electron chi connectivity index (χ1n) is 4.81. The summed E-state index contributed by atoms with van der Waals surface area (Å²) in [5.41, 5.74) is 1.16. The highest BCUT2D eigenvalue weighted by Gasteiger charge is 2.22. The number of hydrogen-bond donors (Lipinski definition) is 1. The van der Waals surface area contributed by atoms with Gasteiger partial charge < -0.3 is 15.1 Å². The van der Waals surface area contributed by atoms with Crippen LogP contribution in [0.3, 0.4) is 0 Å². The maximum absolute atomic E-state index is 5.09. The maximum Gasteiger partial charge on any atom is 0.114 e. The molecule has 1 aliphatic heterocycles. The average molecular weight is 185 g/mol. The minimum Gasteiger partial charge on any atom is -0.396 e. The van der Waals surface area contributed by atoms with Crippen LogP contribution in [0.2, 0.25) is 0 Å². The van der Waals surface area contributed by atoms with Crippen LogP contribution in [-0.2, 0) is 4.84 Å². The Morgan fingerprint density at radius 2 is 2.38 bits per heavy atom. The Morgan fingerprint density at radius 1 is 1.62 bits per heavy atom. The van der Waals surface area contributed by atoms with Gasteiger partial charge in [-0.3, -0.25) is 0 Å². The van der Waals surface area contributed by atoms with Gasteiger partial charge in [0.1, 0.15) is 6.61 Å². The van der Waals surface area contributed by atoms with Gasteiger partial charge in [-0.15, -0.1) is 0 Å². The molecule has 0 bridgehead atoms. The van der Waals surface area contributed by atoms with Crippen molar-refractivity contribution in [2.45, 2.75) is 19.4 Å². The molecule has 0 radical (unpaired) electrons. The van der Waals surface area contributed by atoms with Crippen molar-refractivity contribution in [3.05, 3.63) is 0 Å². The van der Waals surface area contributed by atoms with Crippen LogP contribution in [0, 0.1) is 0 Å². The number of nitrogens with one attached hydrogen (secondary N) is 1. The van der Waals surface area contributed by atoms with Gasteiger partial charge in [-0.1, -0.05) is 5.16 Å². The Hall–Kier alpha value is -0.610. The highest BCUT2D eigenvalue weighted by Crippen LogP contribution is 2.05. The molecule has 1 aliphatic rings. The summed E-state index contributed by atoms with van der Waals surface area (Å²) in [4.78, 5) is 7.26. The highest BCUT2D eigenvalue weighted by atomic mass is 16.6. The van der Waals surface area contributed by atoms with Gasteiger partial charge >= 0.3 is 0 Å². The Balaban J connectivity index is 2.56. The summed E-state index contributed by atoms with van der Waals surface area (Å²) in [6.45, 7) is 4.59. The zero-order valence-electron chi connectivity index (χ0n) is 8.71. The first-order valence-corrected chi connectivity index (χ1v) is 4.81. The van der Waals surface area contributed by atoms with Gasteiger partial charge in [0.2, 0.25) is 0 Å². The van der Waals surface area contributed by atoms with Crippen LogP contribution in [0.4, 0.5) is 0 Å². The van der Waals surface area contributed by atoms with Gasteiger partial charge in [-0.2, -0.15) is 0 Å². The summed E-state index contributed by atoms with van der Waals surface area (Å²) in [5, 5.41) is 7.48. The molecule has 1 unspecified atom stereocenters. The first kappa shape index (κ1) is 10.5. The molecule has 4 heteroatoms. The summed E-state index contributed by atoms with van der Waals surface area (Å²) in [7, 11) is 4.14. The van der Waals surface area contributed by atoms with Crippen molar-refractivity contribution in [3.63, 3.8) is 0 Å². The lowest BCUT2D eigenvalue weighted by Gasteiger charge is -2.29. The molecule has 13 heavy (non-hydrogen) atoms. The van der Waals surface area contributed by atoms with E-state index >= 15 is 0 Å². The number of hydrogen-bond acceptors (Lipinski definition) is 4. The largest absolute Gasteiger partial charge is 0.396 e. The molecule has 4 nitrogen and oxygen atoms in total. The Bertz CT molecular complexity index is 180. The summed E-state index contributed by atoms with van der Waals surface area (Å²) in [5.74, 6) is 0. The number of nitrogens with zero attached hydrogens (tertiary/aromatic N) is 2. The zero-order chi connectivity index (χ0) is 9.68. The van der Waals surface area contributed by atoms with Crippen LogP contribution >= 0.6 is 0 Å². The van der Waals surface area contributed by atoms with E-state index in [1.54, 1.807) is 0 Å². The maximum atomic E-state index is 5.09. The van der Waals surface area contributed by atoms with Gasteiger partial charge in [0.25, 0.3) is 0 Å². The van der Waals surface area contributed by atoms with Crippen molar-refractivity contribution in [2.75, 3.05) is 33.8 Å². The van der Waals surface area contributed by atoms with Gasteiger partial charge in [-0.25, -0.2) is 0 Å². The molecular formula is C9H19N3O. The second kappa shape index (κ2) is 5.19. The molecule has 0 aromatic rings. The van der Waals surface area contributed by atoms with Crippen molar-refractivity contribution in [3.8, 4) is 0 Å². The first-order chi connectivity index (χ1) is 6.25. The van der Waals surface area contributed by atoms with E-state index in [0.717, 1.165) is 25.2 Å². The average Bonchev–Trinajstić information content (AvgIpc) is 2.15. The van der Waals surface area contributed by atoms with Gasteiger partial charge in [0.15, 0.2) is 0 Å². The Labute approximate surface area is 79.9 Å². The molecule has 1 N–H and O–H groups in total. The summed E-state index contributed by atoms with van der Waals surface area (Å²) < 4.78 is 0. The molecule has 1 fully saturated rings. The minimum atomic E-state index is 0.389. The summed E-state index contributed by atoms with van der Waals surface area (Å²) in [6.07, 6.45) is 0.989. The van der Waals surface area contributed by atoms with Crippen molar-refractivity contribution >= 4 is 5.71 Å². The van der Waals surface area contributed by atoms with E-state index in [-0.39, 0.29) is 0 Å². The third-order valence-electron chi connectivity index (χ3n) is 2.21. The van der Waals surface area contributed by atoms with E-state index in [0.29, 0.717) is 12.6 Å². The normalized spacial score (nSPS) is 26.8. The van der Waals surface area contributed by atoms with Crippen LogP contribution in [0.1, 0.15) is 13.3 Å². The SMILES string of the molecule is CCO/N=C1\CCNCC1N(C)C. The molecule has 1 saturated heterocycles. The lowest BCUT2D eigenvalue weighted by Crippen LogP contribution is -2.49. The van der Waals surface area contributed by atoms with E-state index in [9.17, 15) is 0 Å². The zero-order valence-corrected chi connectivity index (χ0v) is 8.71. The summed E-state index contributed by atoms with van der Waals surface area (Å²) >= 11 is 0. The second-order valence-electron chi connectivity index (χ2n) is 3.43. The quantitative estimate of drug-likeness (QED) is 0.643. The lowest BCUT2D eigenvalue weighted by molar-refractivity contribution is 0.153. The predicted molar refractivity (Wildman–Crippen MR) is 54.0 cm³/mol. The van der Waals surface area contributed by atoms with Crippen molar-refractivity contribution in [1.82, 2.24) is 10.2 Å². The van der Waals surface area contributed by atoms with Crippen molar-refractivity contribution in [1.29, 1.82) is 0 Å². The lowest BCUT2D eigenvalue weighted by atomic mass is 10.0. The molecule has 0 aromatic heterocycles. The molecule has 0 saturated carbocycles. The number of likely N-dealkylation sites (N-methyl/N-ethyl adjacent to an activating group) is 1. The van der Waals surface area contributed by atoms with Crippen LogP contribution in [0.25, 0.3) is 0 Å². The van der Waals surface area contributed by atoms with Gasteiger partial charge in [0.05, 0.1) is 11.8 Å². The van der Waals surface area contributed by atoms with Crippen LogP contribution in [0.15, 0.2) is 5.16 Å². The van der Waals surface area contributed by atoms with Gasteiger partial charge in [-0.05, 0) is 21.0 Å². The standard InChI is InChI=1S/C9H19N3O/c1-4-13-11-8-5-6-10-7-9(8)12(2)3/h9-10H,4-7H2,1-3H3/b11-8+. The van der Waals surface area contributed by atoms with E-state index in [2.05, 4.69) is 29.5 Å². The second-order valence-corrected chi connectivity index (χ2v) is 3.43. The molecule has 0 aromatic carbocycles. The smallest absolute Gasteiger partial charge is 0.114 e. The Morgan fingerprint density at radius 3 is 3.00 bits per heavy atom. The number of rotatable bonds is 3. The molecule has 0 amide bonds. The molecule has 1 atom stereocenters. The third-order valence-corrected chi connectivity index (χ3v) is 2.21. The fraction of sp³-hybridized carbons (Fsp3) is 0.889. The highest BCUT2D eigenvalue weighted by molar-refractivity contribution is 5.90. The van der Waals surface area contributed by atoms with E-state index < -0.39 is 0 Å². The minimum absolute atomic E-state index is 0.389. The van der Waals surface area contributed by atoms with Crippen LogP contribution in [0.5, 0.6) is 0 Å². The molecule has 1 rings (SSSR count). The topological polar surface area (TPSA) is 36.9 Å². The molecule has 0 spiro atoms. The molecule has 76 valence electrons. The summed E-state index contributed by atoms with van der Waals surface area (Å²) in [6, 6.07) is 0.389. The predicted octanol–water partition coefficient (Wildman–Crippen LogP) is 0.302. The van der Waals surface area contributed by atoms with E-state index in [1.165, 1.54) is 0 Å². The van der Waals surface area contributed by atoms with E-state index in [1.807, 2.05) is 6.92 Å². The third kappa shape index (κ3) is 2.97. The fourth-order valence-corrected chi connectivity index (χ4v) is 1.47. The number of oxime groups is 1. The molecule has 1 heterocycles. The molecular weight excluding hydrogens is 166 g/mol.